The predicted molar refractivity (Wildman–Crippen MR) is 123 cm³/mol. The highest BCUT2D eigenvalue weighted by atomic mass is 32.2. The van der Waals surface area contributed by atoms with Gasteiger partial charge < -0.3 is 15.0 Å². The highest BCUT2D eigenvalue weighted by molar-refractivity contribution is 8.00. The van der Waals surface area contributed by atoms with E-state index >= 15 is 0 Å². The van der Waals surface area contributed by atoms with Crippen LogP contribution in [-0.2, 0) is 16.1 Å². The number of methoxy groups -OCH3 is 1. The zero-order chi connectivity index (χ0) is 22.1. The largest absolute Gasteiger partial charge is 0.497 e. The maximum absolute atomic E-state index is 13.2. The van der Waals surface area contributed by atoms with Gasteiger partial charge in [0.15, 0.2) is 0 Å². The van der Waals surface area contributed by atoms with Gasteiger partial charge in [0.25, 0.3) is 0 Å². The van der Waals surface area contributed by atoms with Crippen molar-refractivity contribution < 1.29 is 14.3 Å². The summed E-state index contributed by atoms with van der Waals surface area (Å²) in [7, 11) is 1.62. The van der Waals surface area contributed by atoms with Crippen LogP contribution in [0.15, 0.2) is 59.5 Å². The molecule has 0 radical (unpaired) electrons. The number of nitrogens with one attached hydrogen (secondary N) is 1. The van der Waals surface area contributed by atoms with E-state index < -0.39 is 6.04 Å². The first kappa shape index (κ1) is 23.8. The van der Waals surface area contributed by atoms with Crippen LogP contribution in [0.3, 0.4) is 0 Å². The van der Waals surface area contributed by atoms with Crippen molar-refractivity contribution in [2.45, 2.75) is 57.1 Å². The Balaban J connectivity index is 2.24. The summed E-state index contributed by atoms with van der Waals surface area (Å²) in [4.78, 5) is 28.9. The van der Waals surface area contributed by atoms with Crippen molar-refractivity contribution in [3.05, 3.63) is 60.2 Å². The van der Waals surface area contributed by atoms with Crippen LogP contribution in [-0.4, -0.2) is 41.2 Å². The molecule has 2 aromatic rings. The lowest BCUT2D eigenvalue weighted by atomic mass is 10.1. The molecule has 0 aliphatic rings. The summed E-state index contributed by atoms with van der Waals surface area (Å²) in [5.74, 6) is 0.798. The second kappa shape index (κ2) is 11.1. The standard InChI is InChI=1S/C24H32N2O3S/c1-6-21(23(28)25-24(2,3)4)26(16-18-11-10-12-19(15-18)29-5)22(27)17-30-20-13-8-7-9-14-20/h7-15,21H,6,16-17H2,1-5H3,(H,25,28). The quantitative estimate of drug-likeness (QED) is 0.597. The third-order valence-electron chi connectivity index (χ3n) is 4.48. The summed E-state index contributed by atoms with van der Waals surface area (Å²) < 4.78 is 5.32. The monoisotopic (exact) mass is 428 g/mol. The van der Waals surface area contributed by atoms with Crippen molar-refractivity contribution >= 4 is 23.6 Å². The van der Waals surface area contributed by atoms with Crippen LogP contribution >= 0.6 is 11.8 Å². The van der Waals surface area contributed by atoms with E-state index in [0.29, 0.717) is 13.0 Å². The molecule has 0 saturated carbocycles. The second-order valence-corrected chi connectivity index (χ2v) is 9.19. The zero-order valence-corrected chi connectivity index (χ0v) is 19.3. The number of ether oxygens (including phenoxy) is 1. The SMILES string of the molecule is CCC(C(=O)NC(C)(C)C)N(Cc1cccc(OC)c1)C(=O)CSc1ccccc1. The molecule has 1 atom stereocenters. The Morgan fingerprint density at radius 3 is 2.40 bits per heavy atom. The Labute approximate surface area is 184 Å². The molecule has 1 unspecified atom stereocenters. The van der Waals surface area contributed by atoms with E-state index in [-0.39, 0.29) is 23.1 Å². The van der Waals surface area contributed by atoms with Gasteiger partial charge in [-0.2, -0.15) is 0 Å². The van der Waals surface area contributed by atoms with Crippen molar-refractivity contribution in [3.8, 4) is 5.75 Å². The number of benzene rings is 2. The predicted octanol–water partition coefficient (Wildman–Crippen LogP) is 4.51. The highest BCUT2D eigenvalue weighted by Gasteiger charge is 2.30. The van der Waals surface area contributed by atoms with Crippen LogP contribution in [0.1, 0.15) is 39.7 Å². The number of carbonyl (C=O) groups excluding carboxylic acids is 2. The number of thioether (sulfide) groups is 1. The average Bonchev–Trinajstić information content (AvgIpc) is 2.71. The Morgan fingerprint density at radius 2 is 1.80 bits per heavy atom. The molecule has 0 heterocycles. The molecule has 2 amide bonds. The fourth-order valence-corrected chi connectivity index (χ4v) is 3.89. The summed E-state index contributed by atoms with van der Waals surface area (Å²) in [5, 5.41) is 3.02. The van der Waals surface area contributed by atoms with Crippen molar-refractivity contribution in [1.29, 1.82) is 0 Å². The highest BCUT2D eigenvalue weighted by Crippen LogP contribution is 2.21. The van der Waals surface area contributed by atoms with E-state index in [1.807, 2.05) is 82.3 Å². The first-order chi connectivity index (χ1) is 14.2. The topological polar surface area (TPSA) is 58.6 Å². The molecule has 2 rings (SSSR count). The van der Waals surface area contributed by atoms with Crippen molar-refractivity contribution in [1.82, 2.24) is 10.2 Å². The number of amides is 2. The summed E-state index contributed by atoms with van der Waals surface area (Å²) in [6, 6.07) is 16.9. The third kappa shape index (κ3) is 7.41. The van der Waals surface area contributed by atoms with Gasteiger partial charge in [-0.25, -0.2) is 0 Å². The lowest BCUT2D eigenvalue weighted by Gasteiger charge is -2.33. The van der Waals surface area contributed by atoms with Gasteiger partial charge in [-0.05, 0) is 57.0 Å². The van der Waals surface area contributed by atoms with E-state index in [9.17, 15) is 9.59 Å². The number of hydrogen-bond donors (Lipinski definition) is 1. The maximum Gasteiger partial charge on any atom is 0.243 e. The van der Waals surface area contributed by atoms with E-state index in [4.69, 9.17) is 4.74 Å². The lowest BCUT2D eigenvalue weighted by Crippen LogP contribution is -2.53. The summed E-state index contributed by atoms with van der Waals surface area (Å²) in [5.41, 5.74) is 0.558. The van der Waals surface area contributed by atoms with Crippen LogP contribution in [0, 0.1) is 0 Å². The van der Waals surface area contributed by atoms with Crippen LogP contribution in [0.5, 0.6) is 5.75 Å². The fraction of sp³-hybridized carbons (Fsp3) is 0.417. The minimum atomic E-state index is -0.542. The minimum absolute atomic E-state index is 0.0671. The maximum atomic E-state index is 13.2. The van der Waals surface area contributed by atoms with Gasteiger partial charge in [-0.1, -0.05) is 37.3 Å². The minimum Gasteiger partial charge on any atom is -0.497 e. The molecule has 6 heteroatoms. The van der Waals surface area contributed by atoms with Crippen molar-refractivity contribution in [2.75, 3.05) is 12.9 Å². The Bertz CT molecular complexity index is 834. The fourth-order valence-electron chi connectivity index (χ4n) is 3.08. The van der Waals surface area contributed by atoms with Crippen LogP contribution in [0.2, 0.25) is 0 Å². The van der Waals surface area contributed by atoms with Crippen molar-refractivity contribution in [3.63, 3.8) is 0 Å². The molecule has 0 bridgehead atoms. The molecule has 1 N–H and O–H groups in total. The third-order valence-corrected chi connectivity index (χ3v) is 5.47. The van der Waals surface area contributed by atoms with Crippen LogP contribution in [0.4, 0.5) is 0 Å². The molecule has 0 saturated heterocycles. The van der Waals surface area contributed by atoms with Crippen molar-refractivity contribution in [2.24, 2.45) is 0 Å². The number of rotatable bonds is 9. The van der Waals surface area contributed by atoms with E-state index in [1.54, 1.807) is 12.0 Å². The smallest absolute Gasteiger partial charge is 0.243 e. The molecule has 0 spiro atoms. The molecule has 0 aliphatic heterocycles. The van der Waals surface area contributed by atoms with Gasteiger partial charge in [-0.15, -0.1) is 11.8 Å². The molecular weight excluding hydrogens is 396 g/mol. The van der Waals surface area contributed by atoms with Crippen LogP contribution < -0.4 is 10.1 Å². The molecule has 2 aromatic carbocycles. The summed E-state index contributed by atoms with van der Waals surface area (Å²) in [6.45, 7) is 8.11. The molecule has 5 nitrogen and oxygen atoms in total. The second-order valence-electron chi connectivity index (χ2n) is 8.14. The lowest BCUT2D eigenvalue weighted by molar-refractivity contribution is -0.140. The normalized spacial score (nSPS) is 12.2. The first-order valence-electron chi connectivity index (χ1n) is 10.2. The van der Waals surface area contributed by atoms with Gasteiger partial charge in [0.2, 0.25) is 11.8 Å². The van der Waals surface area contributed by atoms with E-state index in [1.165, 1.54) is 11.8 Å². The van der Waals surface area contributed by atoms with Crippen LogP contribution in [0.25, 0.3) is 0 Å². The zero-order valence-electron chi connectivity index (χ0n) is 18.5. The Morgan fingerprint density at radius 1 is 1.10 bits per heavy atom. The molecule has 0 aliphatic carbocycles. The number of nitrogens with zero attached hydrogens (tertiary/aromatic N) is 1. The number of carbonyl (C=O) groups is 2. The first-order valence-corrected chi connectivity index (χ1v) is 11.1. The Kier molecular flexibility index (Phi) is 8.78. The number of hydrogen-bond acceptors (Lipinski definition) is 4. The van der Waals surface area contributed by atoms with Gasteiger partial charge in [-0.3, -0.25) is 9.59 Å². The van der Waals surface area contributed by atoms with Gasteiger partial charge in [0, 0.05) is 17.0 Å². The van der Waals surface area contributed by atoms with Gasteiger partial charge in [0.05, 0.1) is 12.9 Å². The molecule has 0 aromatic heterocycles. The van der Waals surface area contributed by atoms with Gasteiger partial charge in [0.1, 0.15) is 11.8 Å². The summed E-state index contributed by atoms with van der Waals surface area (Å²) >= 11 is 1.48. The molecular formula is C24H32N2O3S. The van der Waals surface area contributed by atoms with E-state index in [0.717, 1.165) is 16.2 Å². The summed E-state index contributed by atoms with van der Waals surface area (Å²) in [6.07, 6.45) is 0.535. The molecule has 30 heavy (non-hydrogen) atoms. The molecule has 162 valence electrons. The Hall–Kier alpha value is -2.47. The van der Waals surface area contributed by atoms with Gasteiger partial charge >= 0.3 is 0 Å². The average molecular weight is 429 g/mol. The molecule has 0 fully saturated rings. The van der Waals surface area contributed by atoms with E-state index in [2.05, 4.69) is 5.32 Å².